The normalized spacial score (nSPS) is 14.1. The van der Waals surface area contributed by atoms with Crippen LogP contribution in [-0.4, -0.2) is 41.6 Å². The lowest BCUT2D eigenvalue weighted by Gasteiger charge is -2.16. The Morgan fingerprint density at radius 3 is 2.75 bits per heavy atom. The van der Waals surface area contributed by atoms with Gasteiger partial charge in [0.05, 0.1) is 0 Å². The number of carboxylic acid groups (broad SMARTS) is 1. The molecule has 1 N–H and O–H groups in total. The monoisotopic (exact) mass is 297 g/mol. The minimum atomic E-state index is -1.00. The number of likely N-dealkylation sites (N-methyl/N-ethyl adjacent to an activating group) is 1. The second-order valence-corrected chi connectivity index (χ2v) is 6.12. The maximum atomic E-state index is 11.9. The molecule has 1 aliphatic carbocycles. The highest BCUT2D eigenvalue weighted by molar-refractivity contribution is 7.14. The van der Waals surface area contributed by atoms with Gasteiger partial charge in [0.15, 0.2) is 11.5 Å². The van der Waals surface area contributed by atoms with Gasteiger partial charge in [-0.05, 0) is 25.3 Å². The summed E-state index contributed by atoms with van der Waals surface area (Å²) >= 11 is 1.22. The van der Waals surface area contributed by atoms with Gasteiger partial charge in [-0.3, -0.25) is 4.79 Å². The third kappa shape index (κ3) is 3.50. The first kappa shape index (κ1) is 14.8. The molecule has 1 saturated carbocycles. The Labute approximate surface area is 122 Å². The lowest BCUT2D eigenvalue weighted by molar-refractivity contribution is -0.132. The van der Waals surface area contributed by atoms with Crippen molar-refractivity contribution in [3.63, 3.8) is 0 Å². The summed E-state index contributed by atoms with van der Waals surface area (Å²) in [5.41, 5.74) is 0. The number of carbonyl (C=O) groups excluding carboxylic acids is 1. The van der Waals surface area contributed by atoms with Crippen LogP contribution < -0.4 is 4.74 Å². The van der Waals surface area contributed by atoms with Crippen LogP contribution in [0.15, 0.2) is 6.07 Å². The van der Waals surface area contributed by atoms with Crippen LogP contribution >= 0.6 is 11.3 Å². The highest BCUT2D eigenvalue weighted by atomic mass is 32.1. The highest BCUT2D eigenvalue weighted by Crippen LogP contribution is 2.31. The van der Waals surface area contributed by atoms with E-state index in [-0.39, 0.29) is 17.4 Å². The number of carbonyl (C=O) groups is 2. The quantitative estimate of drug-likeness (QED) is 0.839. The molecule has 0 atom stereocenters. The Kier molecular flexibility index (Phi) is 4.65. The van der Waals surface area contributed by atoms with Gasteiger partial charge < -0.3 is 14.7 Å². The van der Waals surface area contributed by atoms with E-state index < -0.39 is 5.97 Å². The Hall–Kier alpha value is -1.56. The molecule has 0 spiro atoms. The van der Waals surface area contributed by atoms with Crippen LogP contribution in [0.2, 0.25) is 0 Å². The van der Waals surface area contributed by atoms with Gasteiger partial charge >= 0.3 is 5.97 Å². The third-order valence-corrected chi connectivity index (χ3v) is 4.44. The van der Waals surface area contributed by atoms with E-state index in [1.54, 1.807) is 18.0 Å². The summed E-state index contributed by atoms with van der Waals surface area (Å²) in [5.74, 6) is -0.800. The molecule has 6 heteroatoms. The number of hydrogen-bond donors (Lipinski definition) is 1. The molecule has 0 aromatic carbocycles. The van der Waals surface area contributed by atoms with Crippen LogP contribution in [0.25, 0.3) is 0 Å². The van der Waals surface area contributed by atoms with E-state index in [1.807, 2.05) is 6.92 Å². The Bertz CT molecular complexity index is 507. The SMILES string of the molecule is CCCc1cc(OCC(=O)N(C)C2CC2)c(C(=O)O)s1. The van der Waals surface area contributed by atoms with Gasteiger partial charge in [0.2, 0.25) is 0 Å². The van der Waals surface area contributed by atoms with E-state index in [2.05, 4.69) is 0 Å². The molecule has 5 nitrogen and oxygen atoms in total. The maximum absolute atomic E-state index is 11.9. The fraction of sp³-hybridized carbons (Fsp3) is 0.571. The molecule has 1 fully saturated rings. The first-order valence-corrected chi connectivity index (χ1v) is 7.59. The molecule has 0 bridgehead atoms. The van der Waals surface area contributed by atoms with E-state index in [1.165, 1.54) is 11.3 Å². The molecule has 1 aliphatic rings. The average Bonchev–Trinajstić information content (AvgIpc) is 3.17. The molecule has 1 aromatic heterocycles. The van der Waals surface area contributed by atoms with Crippen molar-refractivity contribution in [1.82, 2.24) is 4.90 Å². The van der Waals surface area contributed by atoms with Gasteiger partial charge in [-0.1, -0.05) is 13.3 Å². The Morgan fingerprint density at radius 1 is 1.50 bits per heavy atom. The van der Waals surface area contributed by atoms with Crippen molar-refractivity contribution in [3.8, 4) is 5.75 Å². The van der Waals surface area contributed by atoms with Gasteiger partial charge in [0.1, 0.15) is 5.75 Å². The number of aryl methyl sites for hydroxylation is 1. The summed E-state index contributed by atoms with van der Waals surface area (Å²) in [7, 11) is 1.76. The fourth-order valence-electron chi connectivity index (χ4n) is 1.96. The molecule has 0 radical (unpaired) electrons. The largest absolute Gasteiger partial charge is 0.482 e. The molecule has 0 aliphatic heterocycles. The lowest BCUT2D eigenvalue weighted by Crippen LogP contribution is -2.33. The van der Waals surface area contributed by atoms with Crippen molar-refractivity contribution in [2.45, 2.75) is 38.6 Å². The zero-order valence-electron chi connectivity index (χ0n) is 11.7. The molecule has 0 saturated heterocycles. The van der Waals surface area contributed by atoms with Crippen molar-refractivity contribution < 1.29 is 19.4 Å². The van der Waals surface area contributed by atoms with Gasteiger partial charge in [0, 0.05) is 18.0 Å². The van der Waals surface area contributed by atoms with E-state index in [0.29, 0.717) is 11.8 Å². The summed E-state index contributed by atoms with van der Waals surface area (Å²) < 4.78 is 5.42. The van der Waals surface area contributed by atoms with E-state index in [9.17, 15) is 9.59 Å². The molecule has 1 aromatic rings. The zero-order chi connectivity index (χ0) is 14.7. The molecule has 1 amide bonds. The van der Waals surface area contributed by atoms with Gasteiger partial charge in [-0.2, -0.15) is 0 Å². The summed E-state index contributed by atoms with van der Waals surface area (Å²) in [4.78, 5) is 25.9. The smallest absolute Gasteiger partial charge is 0.349 e. The van der Waals surface area contributed by atoms with E-state index in [4.69, 9.17) is 9.84 Å². The summed E-state index contributed by atoms with van der Waals surface area (Å²) in [6, 6.07) is 2.07. The number of carboxylic acids is 1. The Balaban J connectivity index is 2.00. The number of aromatic carboxylic acids is 1. The van der Waals surface area contributed by atoms with Crippen LogP contribution in [0, 0.1) is 0 Å². The predicted octanol–water partition coefficient (Wildman–Crippen LogP) is 2.40. The highest BCUT2D eigenvalue weighted by Gasteiger charge is 2.30. The topological polar surface area (TPSA) is 66.8 Å². The van der Waals surface area contributed by atoms with Crippen molar-refractivity contribution in [2.75, 3.05) is 13.7 Å². The number of rotatable bonds is 7. The van der Waals surface area contributed by atoms with Crippen molar-refractivity contribution in [3.05, 3.63) is 15.8 Å². The first-order valence-electron chi connectivity index (χ1n) is 6.77. The van der Waals surface area contributed by atoms with Gasteiger partial charge in [-0.15, -0.1) is 11.3 Å². The second kappa shape index (κ2) is 6.26. The van der Waals surface area contributed by atoms with Gasteiger partial charge in [-0.25, -0.2) is 4.79 Å². The molecular formula is C14H19NO4S. The van der Waals surface area contributed by atoms with Crippen LogP contribution in [0.5, 0.6) is 5.75 Å². The van der Waals surface area contributed by atoms with Crippen molar-refractivity contribution >= 4 is 23.2 Å². The third-order valence-electron chi connectivity index (χ3n) is 3.28. The zero-order valence-corrected chi connectivity index (χ0v) is 12.5. The second-order valence-electron chi connectivity index (χ2n) is 4.99. The fourth-order valence-corrected chi connectivity index (χ4v) is 3.00. The summed E-state index contributed by atoms with van der Waals surface area (Å²) in [5, 5.41) is 9.15. The minimum absolute atomic E-state index is 0.102. The maximum Gasteiger partial charge on any atom is 0.349 e. The standard InChI is InChI=1S/C14H19NO4S/c1-3-4-10-7-11(13(20-10)14(17)18)19-8-12(16)15(2)9-5-6-9/h7,9H,3-6,8H2,1-2H3,(H,17,18). The van der Waals surface area contributed by atoms with E-state index >= 15 is 0 Å². The predicted molar refractivity (Wildman–Crippen MR) is 76.6 cm³/mol. The average molecular weight is 297 g/mol. The summed E-state index contributed by atoms with van der Waals surface area (Å²) in [6.07, 6.45) is 3.86. The van der Waals surface area contributed by atoms with Crippen LogP contribution in [0.1, 0.15) is 40.7 Å². The number of ether oxygens (including phenoxy) is 1. The summed E-state index contributed by atoms with van der Waals surface area (Å²) in [6.45, 7) is 1.93. The minimum Gasteiger partial charge on any atom is -0.482 e. The number of amides is 1. The van der Waals surface area contributed by atoms with E-state index in [0.717, 1.165) is 30.6 Å². The molecule has 2 rings (SSSR count). The van der Waals surface area contributed by atoms with Crippen molar-refractivity contribution in [1.29, 1.82) is 0 Å². The first-order chi connectivity index (χ1) is 9.52. The van der Waals surface area contributed by atoms with Gasteiger partial charge in [0.25, 0.3) is 5.91 Å². The molecule has 1 heterocycles. The molecule has 0 unspecified atom stereocenters. The molecule has 20 heavy (non-hydrogen) atoms. The van der Waals surface area contributed by atoms with Crippen LogP contribution in [0.4, 0.5) is 0 Å². The number of hydrogen-bond acceptors (Lipinski definition) is 4. The lowest BCUT2D eigenvalue weighted by atomic mass is 10.3. The van der Waals surface area contributed by atoms with Crippen molar-refractivity contribution in [2.24, 2.45) is 0 Å². The molecular weight excluding hydrogens is 278 g/mol. The molecule has 110 valence electrons. The van der Waals surface area contributed by atoms with Crippen LogP contribution in [0.3, 0.4) is 0 Å². The van der Waals surface area contributed by atoms with Crippen LogP contribution in [-0.2, 0) is 11.2 Å². The number of thiophene rings is 1. The number of nitrogens with zero attached hydrogens (tertiary/aromatic N) is 1. The Morgan fingerprint density at radius 2 is 2.20 bits per heavy atom.